The van der Waals surface area contributed by atoms with Crippen LogP contribution in [0.2, 0.25) is 0 Å². The number of carbonyl (C=O) groups is 1. The fourth-order valence-corrected chi connectivity index (χ4v) is 2.79. The minimum absolute atomic E-state index is 0.0327. The zero-order chi connectivity index (χ0) is 15.5. The molecule has 0 bridgehead atoms. The van der Waals surface area contributed by atoms with Gasteiger partial charge in [0.05, 0.1) is 5.92 Å². The summed E-state index contributed by atoms with van der Waals surface area (Å²) in [5.41, 5.74) is 3.10. The molecule has 1 saturated carbocycles. The lowest BCUT2D eigenvalue weighted by Gasteiger charge is -2.17. The summed E-state index contributed by atoms with van der Waals surface area (Å²) in [5, 5.41) is 3.07. The highest BCUT2D eigenvalue weighted by molar-refractivity contribution is 5.96. The molecule has 1 N–H and O–H groups in total. The van der Waals surface area contributed by atoms with Gasteiger partial charge in [-0.1, -0.05) is 30.3 Å². The smallest absolute Gasteiger partial charge is 0.232 e. The van der Waals surface area contributed by atoms with Gasteiger partial charge in [-0.05, 0) is 48.6 Å². The molecule has 1 fully saturated rings. The molecule has 0 saturated heterocycles. The van der Waals surface area contributed by atoms with Crippen molar-refractivity contribution in [3.05, 3.63) is 60.2 Å². The Morgan fingerprint density at radius 1 is 1.05 bits per heavy atom. The van der Waals surface area contributed by atoms with Crippen LogP contribution in [0.15, 0.2) is 54.6 Å². The van der Waals surface area contributed by atoms with Crippen molar-refractivity contribution in [2.75, 3.05) is 24.3 Å². The molecule has 114 valence electrons. The van der Waals surface area contributed by atoms with Crippen LogP contribution in [0.3, 0.4) is 0 Å². The minimum atomic E-state index is -0.0327. The van der Waals surface area contributed by atoms with Crippen LogP contribution in [0.4, 0.5) is 11.4 Å². The molecular weight excluding hydrogens is 272 g/mol. The van der Waals surface area contributed by atoms with Gasteiger partial charge in [0, 0.05) is 25.5 Å². The number of nitrogens with one attached hydrogen (secondary N) is 1. The normalized spacial score (nSPS) is 15.2. The molecule has 1 aliphatic carbocycles. The molecule has 1 amide bonds. The zero-order valence-corrected chi connectivity index (χ0v) is 13.1. The maximum Gasteiger partial charge on any atom is 0.232 e. The van der Waals surface area contributed by atoms with E-state index in [1.807, 2.05) is 61.5 Å². The van der Waals surface area contributed by atoms with Gasteiger partial charge >= 0.3 is 0 Å². The molecule has 22 heavy (non-hydrogen) atoms. The van der Waals surface area contributed by atoms with Crippen molar-refractivity contribution in [3.8, 4) is 0 Å². The molecule has 0 spiro atoms. The van der Waals surface area contributed by atoms with E-state index in [1.165, 1.54) is 0 Å². The molecule has 3 heteroatoms. The molecule has 3 nitrogen and oxygen atoms in total. The maximum atomic E-state index is 12.7. The predicted octanol–water partition coefficient (Wildman–Crippen LogP) is 3.88. The summed E-state index contributed by atoms with van der Waals surface area (Å²) < 4.78 is 0. The Hall–Kier alpha value is -2.29. The van der Waals surface area contributed by atoms with Gasteiger partial charge in [-0.15, -0.1) is 0 Å². The second-order valence-corrected chi connectivity index (χ2v) is 6.16. The average molecular weight is 294 g/mol. The van der Waals surface area contributed by atoms with Crippen molar-refractivity contribution in [2.45, 2.75) is 18.8 Å². The molecular formula is C19H22N2O. The lowest BCUT2D eigenvalue weighted by atomic mass is 9.93. The van der Waals surface area contributed by atoms with Crippen LogP contribution in [0.5, 0.6) is 0 Å². The third kappa shape index (κ3) is 3.30. The summed E-state index contributed by atoms with van der Waals surface area (Å²) in [6.07, 6.45) is 2.29. The van der Waals surface area contributed by atoms with Crippen molar-refractivity contribution in [1.29, 1.82) is 0 Å². The number of anilines is 2. The quantitative estimate of drug-likeness (QED) is 0.907. The lowest BCUT2D eigenvalue weighted by Crippen LogP contribution is -2.22. The van der Waals surface area contributed by atoms with Crippen molar-refractivity contribution in [3.63, 3.8) is 0 Å². The fourth-order valence-electron chi connectivity index (χ4n) is 2.79. The van der Waals surface area contributed by atoms with Gasteiger partial charge in [-0.3, -0.25) is 4.79 Å². The van der Waals surface area contributed by atoms with E-state index in [1.54, 1.807) is 0 Å². The summed E-state index contributed by atoms with van der Waals surface area (Å²) in [7, 11) is 4.01. The van der Waals surface area contributed by atoms with Gasteiger partial charge < -0.3 is 10.2 Å². The van der Waals surface area contributed by atoms with Crippen LogP contribution in [0.1, 0.15) is 24.3 Å². The van der Waals surface area contributed by atoms with E-state index in [0.717, 1.165) is 29.8 Å². The summed E-state index contributed by atoms with van der Waals surface area (Å²) in [6.45, 7) is 0. The molecule has 0 radical (unpaired) electrons. The molecule has 0 aliphatic heterocycles. The van der Waals surface area contributed by atoms with E-state index in [4.69, 9.17) is 0 Å². The van der Waals surface area contributed by atoms with Crippen LogP contribution >= 0.6 is 0 Å². The van der Waals surface area contributed by atoms with Crippen LogP contribution in [0, 0.1) is 5.92 Å². The van der Waals surface area contributed by atoms with Gasteiger partial charge in [-0.25, -0.2) is 0 Å². The molecule has 2 aromatic rings. The van der Waals surface area contributed by atoms with Gasteiger partial charge in [0.15, 0.2) is 0 Å². The van der Waals surface area contributed by atoms with Crippen molar-refractivity contribution >= 4 is 17.3 Å². The first kappa shape index (κ1) is 14.6. The Kier molecular flexibility index (Phi) is 4.14. The summed E-state index contributed by atoms with van der Waals surface area (Å²) in [4.78, 5) is 14.7. The Morgan fingerprint density at radius 2 is 1.68 bits per heavy atom. The Balaban J connectivity index is 1.74. The van der Waals surface area contributed by atoms with Crippen LogP contribution in [-0.4, -0.2) is 20.0 Å². The molecule has 0 heterocycles. The third-order valence-electron chi connectivity index (χ3n) is 4.19. The monoisotopic (exact) mass is 294 g/mol. The molecule has 1 atom stereocenters. The van der Waals surface area contributed by atoms with E-state index in [9.17, 15) is 4.79 Å². The number of carbonyl (C=O) groups excluding carboxylic acids is 1. The van der Waals surface area contributed by atoms with E-state index in [0.29, 0.717) is 5.92 Å². The van der Waals surface area contributed by atoms with E-state index in [2.05, 4.69) is 17.4 Å². The van der Waals surface area contributed by atoms with E-state index < -0.39 is 0 Å². The molecule has 3 rings (SSSR count). The van der Waals surface area contributed by atoms with Gasteiger partial charge in [0.25, 0.3) is 0 Å². The first-order valence-corrected chi connectivity index (χ1v) is 7.78. The number of benzene rings is 2. The van der Waals surface area contributed by atoms with Gasteiger partial charge in [-0.2, -0.15) is 0 Å². The van der Waals surface area contributed by atoms with Gasteiger partial charge in [0.2, 0.25) is 5.91 Å². The maximum absolute atomic E-state index is 12.7. The summed E-state index contributed by atoms with van der Waals surface area (Å²) in [6, 6.07) is 18.1. The fraction of sp³-hybridized carbons (Fsp3) is 0.316. The Labute approximate surface area is 132 Å². The second-order valence-electron chi connectivity index (χ2n) is 6.16. The first-order chi connectivity index (χ1) is 10.6. The van der Waals surface area contributed by atoms with Crippen molar-refractivity contribution < 1.29 is 4.79 Å². The average Bonchev–Trinajstić information content (AvgIpc) is 3.34. The first-order valence-electron chi connectivity index (χ1n) is 7.78. The minimum Gasteiger partial charge on any atom is -0.378 e. The molecule has 1 aliphatic rings. The molecule has 2 aromatic carbocycles. The van der Waals surface area contributed by atoms with Crippen LogP contribution < -0.4 is 10.2 Å². The lowest BCUT2D eigenvalue weighted by molar-refractivity contribution is -0.118. The Bertz CT molecular complexity index is 630. The summed E-state index contributed by atoms with van der Waals surface area (Å²) in [5.74, 6) is 0.560. The Morgan fingerprint density at radius 3 is 2.23 bits per heavy atom. The molecule has 0 aromatic heterocycles. The van der Waals surface area contributed by atoms with E-state index >= 15 is 0 Å². The summed E-state index contributed by atoms with van der Waals surface area (Å²) >= 11 is 0. The molecule has 1 unspecified atom stereocenters. The van der Waals surface area contributed by atoms with Crippen molar-refractivity contribution in [1.82, 2.24) is 0 Å². The second kappa shape index (κ2) is 6.22. The highest BCUT2D eigenvalue weighted by atomic mass is 16.1. The van der Waals surface area contributed by atoms with Gasteiger partial charge in [0.1, 0.15) is 0 Å². The predicted molar refractivity (Wildman–Crippen MR) is 91.3 cm³/mol. The number of hydrogen-bond acceptors (Lipinski definition) is 2. The number of hydrogen-bond donors (Lipinski definition) is 1. The van der Waals surface area contributed by atoms with Crippen LogP contribution in [-0.2, 0) is 4.79 Å². The number of rotatable bonds is 5. The largest absolute Gasteiger partial charge is 0.378 e. The third-order valence-corrected chi connectivity index (χ3v) is 4.19. The number of nitrogens with zero attached hydrogens (tertiary/aromatic N) is 1. The highest BCUT2D eigenvalue weighted by Crippen LogP contribution is 2.43. The zero-order valence-electron chi connectivity index (χ0n) is 13.1. The van der Waals surface area contributed by atoms with Crippen LogP contribution in [0.25, 0.3) is 0 Å². The standard InChI is InChI=1S/C19H22N2O/c1-21(2)17-12-10-16(11-13-17)20-19(22)18(15-8-9-15)14-6-4-3-5-7-14/h3-7,10-13,15,18H,8-9H2,1-2H3,(H,20,22). The van der Waals surface area contributed by atoms with E-state index in [-0.39, 0.29) is 11.8 Å². The topological polar surface area (TPSA) is 32.3 Å². The number of amides is 1. The van der Waals surface area contributed by atoms with Crippen molar-refractivity contribution in [2.24, 2.45) is 5.92 Å². The highest BCUT2D eigenvalue weighted by Gasteiger charge is 2.37. The SMILES string of the molecule is CN(C)c1ccc(NC(=O)C(c2ccccc2)C2CC2)cc1.